The maximum absolute atomic E-state index is 11.7. The Morgan fingerprint density at radius 2 is 2.28 bits per heavy atom. The SMILES string of the molecule is CCC(N)C(=O)NC(CO)c1cccc(OC)c1. The standard InChI is InChI=1S/C13H20N2O3/c1-3-11(14)13(17)15-12(8-16)9-5-4-6-10(7-9)18-2/h4-7,11-12,16H,3,8,14H2,1-2H3,(H,15,17). The predicted octanol–water partition coefficient (Wildman–Crippen LogP) is 0.582. The van der Waals surface area contributed by atoms with Crippen molar-refractivity contribution >= 4 is 5.91 Å². The molecule has 0 bridgehead atoms. The van der Waals surface area contributed by atoms with Crippen molar-refractivity contribution in [3.63, 3.8) is 0 Å². The third-order valence-corrected chi connectivity index (χ3v) is 2.77. The van der Waals surface area contributed by atoms with E-state index in [0.29, 0.717) is 12.2 Å². The van der Waals surface area contributed by atoms with Gasteiger partial charge in [-0.25, -0.2) is 0 Å². The summed E-state index contributed by atoms with van der Waals surface area (Å²) in [4.78, 5) is 11.7. The van der Waals surface area contributed by atoms with Gasteiger partial charge in [-0.2, -0.15) is 0 Å². The number of methoxy groups -OCH3 is 1. The van der Waals surface area contributed by atoms with Crippen LogP contribution in [0.5, 0.6) is 5.75 Å². The molecule has 2 atom stereocenters. The molecule has 100 valence electrons. The first-order chi connectivity index (χ1) is 8.62. The number of benzene rings is 1. The van der Waals surface area contributed by atoms with Crippen LogP contribution in [0, 0.1) is 0 Å². The van der Waals surface area contributed by atoms with Crippen molar-refractivity contribution in [2.75, 3.05) is 13.7 Å². The number of nitrogens with two attached hydrogens (primary N) is 1. The number of nitrogens with one attached hydrogen (secondary N) is 1. The van der Waals surface area contributed by atoms with Crippen molar-refractivity contribution < 1.29 is 14.6 Å². The second-order valence-electron chi connectivity index (χ2n) is 4.04. The number of carbonyl (C=O) groups is 1. The van der Waals surface area contributed by atoms with Gasteiger partial charge in [0.1, 0.15) is 5.75 Å². The highest BCUT2D eigenvalue weighted by Crippen LogP contribution is 2.18. The molecule has 1 aromatic carbocycles. The van der Waals surface area contributed by atoms with E-state index >= 15 is 0 Å². The van der Waals surface area contributed by atoms with Crippen LogP contribution in [0.25, 0.3) is 0 Å². The first-order valence-corrected chi connectivity index (χ1v) is 5.93. The Morgan fingerprint density at radius 1 is 1.56 bits per heavy atom. The fourth-order valence-corrected chi connectivity index (χ4v) is 1.56. The molecule has 4 N–H and O–H groups in total. The highest BCUT2D eigenvalue weighted by atomic mass is 16.5. The minimum atomic E-state index is -0.551. The van der Waals surface area contributed by atoms with Crippen molar-refractivity contribution in [2.24, 2.45) is 5.73 Å². The number of hydrogen-bond donors (Lipinski definition) is 3. The van der Waals surface area contributed by atoms with Gasteiger partial charge in [0.05, 0.1) is 25.8 Å². The van der Waals surface area contributed by atoms with E-state index in [0.717, 1.165) is 5.56 Å². The molecule has 5 heteroatoms. The molecule has 0 aliphatic carbocycles. The molecule has 2 unspecified atom stereocenters. The molecular formula is C13H20N2O3. The van der Waals surface area contributed by atoms with Crippen LogP contribution in [-0.4, -0.2) is 30.8 Å². The number of carbonyl (C=O) groups excluding carboxylic acids is 1. The average Bonchev–Trinajstić information content (AvgIpc) is 2.43. The van der Waals surface area contributed by atoms with Gasteiger partial charge in [-0.1, -0.05) is 19.1 Å². The van der Waals surface area contributed by atoms with E-state index in [-0.39, 0.29) is 12.5 Å². The quantitative estimate of drug-likeness (QED) is 0.691. The van der Waals surface area contributed by atoms with Crippen LogP contribution in [0.2, 0.25) is 0 Å². The summed E-state index contributed by atoms with van der Waals surface area (Å²) in [5.74, 6) is 0.416. The van der Waals surface area contributed by atoms with Gasteiger partial charge >= 0.3 is 0 Å². The fourth-order valence-electron chi connectivity index (χ4n) is 1.56. The number of amides is 1. The summed E-state index contributed by atoms with van der Waals surface area (Å²) >= 11 is 0. The Labute approximate surface area is 107 Å². The smallest absolute Gasteiger partial charge is 0.237 e. The van der Waals surface area contributed by atoms with Gasteiger partial charge in [0.15, 0.2) is 0 Å². The molecule has 0 aliphatic rings. The predicted molar refractivity (Wildman–Crippen MR) is 69.2 cm³/mol. The Bertz CT molecular complexity index is 396. The van der Waals surface area contributed by atoms with Gasteiger partial charge < -0.3 is 20.9 Å². The second kappa shape index (κ2) is 6.98. The minimum absolute atomic E-state index is 0.185. The van der Waals surface area contributed by atoms with Gasteiger partial charge in [0, 0.05) is 0 Å². The summed E-state index contributed by atoms with van der Waals surface area (Å²) < 4.78 is 5.10. The molecule has 0 spiro atoms. The third-order valence-electron chi connectivity index (χ3n) is 2.77. The summed E-state index contributed by atoms with van der Waals surface area (Å²) in [6.07, 6.45) is 0.558. The molecule has 0 fully saturated rings. The van der Waals surface area contributed by atoms with Crippen LogP contribution in [0.15, 0.2) is 24.3 Å². The largest absolute Gasteiger partial charge is 0.497 e. The molecule has 0 aliphatic heterocycles. The van der Waals surface area contributed by atoms with E-state index < -0.39 is 12.1 Å². The normalized spacial score (nSPS) is 13.8. The maximum atomic E-state index is 11.7. The topological polar surface area (TPSA) is 84.6 Å². The fraction of sp³-hybridized carbons (Fsp3) is 0.462. The molecule has 0 radical (unpaired) electrons. The van der Waals surface area contributed by atoms with Crippen LogP contribution in [0.4, 0.5) is 0 Å². The lowest BCUT2D eigenvalue weighted by Crippen LogP contribution is -2.42. The number of aliphatic hydroxyl groups excluding tert-OH is 1. The molecule has 0 saturated heterocycles. The lowest BCUT2D eigenvalue weighted by atomic mass is 10.1. The lowest BCUT2D eigenvalue weighted by molar-refractivity contribution is -0.123. The van der Waals surface area contributed by atoms with Crippen molar-refractivity contribution in [3.8, 4) is 5.75 Å². The molecule has 1 aromatic rings. The molecule has 5 nitrogen and oxygen atoms in total. The summed E-state index contributed by atoms with van der Waals surface area (Å²) in [7, 11) is 1.57. The van der Waals surface area contributed by atoms with Gasteiger partial charge in [0.2, 0.25) is 5.91 Å². The molecule has 0 heterocycles. The van der Waals surface area contributed by atoms with E-state index in [1.165, 1.54) is 0 Å². The lowest BCUT2D eigenvalue weighted by Gasteiger charge is -2.19. The van der Waals surface area contributed by atoms with Crippen molar-refractivity contribution in [1.82, 2.24) is 5.32 Å². The number of hydrogen-bond acceptors (Lipinski definition) is 4. The summed E-state index contributed by atoms with van der Waals surface area (Å²) in [5.41, 5.74) is 6.42. The zero-order valence-electron chi connectivity index (χ0n) is 10.7. The Morgan fingerprint density at radius 3 is 2.83 bits per heavy atom. The molecule has 0 saturated carbocycles. The molecule has 1 rings (SSSR count). The molecule has 1 amide bonds. The Kier molecular flexibility index (Phi) is 5.61. The summed E-state index contributed by atoms with van der Waals surface area (Å²) in [6.45, 7) is 1.65. The third kappa shape index (κ3) is 3.72. The van der Waals surface area contributed by atoms with E-state index in [9.17, 15) is 9.90 Å². The highest BCUT2D eigenvalue weighted by molar-refractivity contribution is 5.81. The van der Waals surface area contributed by atoms with Gasteiger partial charge in [0.25, 0.3) is 0 Å². The number of aliphatic hydroxyl groups is 1. The maximum Gasteiger partial charge on any atom is 0.237 e. The van der Waals surface area contributed by atoms with Crippen LogP contribution < -0.4 is 15.8 Å². The van der Waals surface area contributed by atoms with Crippen LogP contribution in [0.3, 0.4) is 0 Å². The number of rotatable bonds is 6. The summed E-state index contributed by atoms with van der Waals surface area (Å²) in [5, 5.41) is 12.1. The number of ether oxygens (including phenoxy) is 1. The minimum Gasteiger partial charge on any atom is -0.497 e. The Hall–Kier alpha value is -1.59. The van der Waals surface area contributed by atoms with E-state index in [4.69, 9.17) is 10.5 Å². The molecule has 0 aromatic heterocycles. The first kappa shape index (κ1) is 14.5. The van der Waals surface area contributed by atoms with Crippen molar-refractivity contribution in [3.05, 3.63) is 29.8 Å². The average molecular weight is 252 g/mol. The van der Waals surface area contributed by atoms with E-state index in [1.54, 1.807) is 19.2 Å². The second-order valence-corrected chi connectivity index (χ2v) is 4.04. The zero-order chi connectivity index (χ0) is 13.5. The van der Waals surface area contributed by atoms with Gasteiger partial charge in [-0.3, -0.25) is 4.79 Å². The van der Waals surface area contributed by atoms with Gasteiger partial charge in [-0.05, 0) is 24.1 Å². The first-order valence-electron chi connectivity index (χ1n) is 5.93. The Balaban J connectivity index is 2.79. The van der Waals surface area contributed by atoms with Crippen LogP contribution in [-0.2, 0) is 4.79 Å². The monoisotopic (exact) mass is 252 g/mol. The van der Waals surface area contributed by atoms with Crippen molar-refractivity contribution in [2.45, 2.75) is 25.4 Å². The van der Waals surface area contributed by atoms with Crippen LogP contribution >= 0.6 is 0 Å². The van der Waals surface area contributed by atoms with Gasteiger partial charge in [-0.15, -0.1) is 0 Å². The molecular weight excluding hydrogens is 232 g/mol. The molecule has 18 heavy (non-hydrogen) atoms. The van der Waals surface area contributed by atoms with Crippen LogP contribution in [0.1, 0.15) is 24.9 Å². The van der Waals surface area contributed by atoms with E-state index in [2.05, 4.69) is 5.32 Å². The van der Waals surface area contributed by atoms with E-state index in [1.807, 2.05) is 19.1 Å². The van der Waals surface area contributed by atoms with Crippen molar-refractivity contribution in [1.29, 1.82) is 0 Å². The zero-order valence-corrected chi connectivity index (χ0v) is 10.7. The highest BCUT2D eigenvalue weighted by Gasteiger charge is 2.17. The summed E-state index contributed by atoms with van der Waals surface area (Å²) in [6, 6.07) is 6.19.